The van der Waals surface area contributed by atoms with E-state index < -0.39 is 10.0 Å². The van der Waals surface area contributed by atoms with Crippen molar-refractivity contribution < 1.29 is 8.42 Å². The van der Waals surface area contributed by atoms with Gasteiger partial charge in [0.05, 0.1) is 11.4 Å². The third kappa shape index (κ3) is 3.31. The van der Waals surface area contributed by atoms with E-state index in [4.69, 9.17) is 5.73 Å². The Hall–Kier alpha value is -1.70. The SMILES string of the molecule is CCc1ccccc1CNS(=O)(=O)c1c(CN)n[nH]c1C. The lowest BCUT2D eigenvalue weighted by Crippen LogP contribution is -2.25. The molecule has 0 spiro atoms. The lowest BCUT2D eigenvalue weighted by molar-refractivity contribution is 0.579. The highest BCUT2D eigenvalue weighted by atomic mass is 32.2. The quantitative estimate of drug-likeness (QED) is 0.747. The minimum absolute atomic E-state index is 0.0755. The Kier molecular flexibility index (Phi) is 4.76. The van der Waals surface area contributed by atoms with Crippen LogP contribution in [0.5, 0.6) is 0 Å². The van der Waals surface area contributed by atoms with Gasteiger partial charge in [0.1, 0.15) is 4.90 Å². The van der Waals surface area contributed by atoms with Crippen molar-refractivity contribution in [2.75, 3.05) is 0 Å². The zero-order chi connectivity index (χ0) is 15.5. The van der Waals surface area contributed by atoms with Crippen LogP contribution < -0.4 is 10.5 Å². The molecule has 6 nitrogen and oxygen atoms in total. The first kappa shape index (κ1) is 15.7. The molecule has 0 aliphatic heterocycles. The summed E-state index contributed by atoms with van der Waals surface area (Å²) < 4.78 is 27.5. The van der Waals surface area contributed by atoms with E-state index >= 15 is 0 Å². The summed E-state index contributed by atoms with van der Waals surface area (Å²) >= 11 is 0. The van der Waals surface area contributed by atoms with Crippen LogP contribution in [0.2, 0.25) is 0 Å². The number of hydrogen-bond donors (Lipinski definition) is 3. The molecule has 0 aliphatic rings. The molecule has 0 fully saturated rings. The average molecular weight is 308 g/mol. The topological polar surface area (TPSA) is 101 Å². The van der Waals surface area contributed by atoms with Crippen LogP contribution >= 0.6 is 0 Å². The van der Waals surface area contributed by atoms with Crippen molar-refractivity contribution in [2.24, 2.45) is 5.73 Å². The van der Waals surface area contributed by atoms with Crippen molar-refractivity contribution in [3.63, 3.8) is 0 Å². The van der Waals surface area contributed by atoms with Crippen molar-refractivity contribution in [1.82, 2.24) is 14.9 Å². The monoisotopic (exact) mass is 308 g/mol. The summed E-state index contributed by atoms with van der Waals surface area (Å²) in [5.74, 6) is 0. The number of nitrogens with one attached hydrogen (secondary N) is 2. The van der Waals surface area contributed by atoms with Gasteiger partial charge in [-0.1, -0.05) is 31.2 Å². The number of hydrogen-bond acceptors (Lipinski definition) is 4. The molecule has 0 atom stereocenters. The van der Waals surface area contributed by atoms with Gasteiger partial charge in [-0.25, -0.2) is 13.1 Å². The normalized spacial score (nSPS) is 11.8. The molecule has 2 rings (SSSR count). The zero-order valence-electron chi connectivity index (χ0n) is 12.2. The Morgan fingerprint density at radius 3 is 2.57 bits per heavy atom. The van der Waals surface area contributed by atoms with Gasteiger partial charge in [0.15, 0.2) is 0 Å². The molecule has 2 aromatic rings. The lowest BCUT2D eigenvalue weighted by atomic mass is 10.1. The molecule has 0 saturated carbocycles. The van der Waals surface area contributed by atoms with Gasteiger partial charge >= 0.3 is 0 Å². The standard InChI is InChI=1S/C14H20N4O2S/c1-3-11-6-4-5-7-12(11)9-16-21(19,20)14-10(2)17-18-13(14)8-15/h4-7,16H,3,8-9,15H2,1-2H3,(H,17,18). The zero-order valence-corrected chi connectivity index (χ0v) is 13.0. The second kappa shape index (κ2) is 6.38. The summed E-state index contributed by atoms with van der Waals surface area (Å²) in [6.07, 6.45) is 0.858. The summed E-state index contributed by atoms with van der Waals surface area (Å²) in [5, 5.41) is 6.59. The number of rotatable bonds is 6. The summed E-state index contributed by atoms with van der Waals surface area (Å²) in [6, 6.07) is 7.77. The van der Waals surface area contributed by atoms with Gasteiger partial charge in [0, 0.05) is 13.1 Å². The van der Waals surface area contributed by atoms with E-state index in [9.17, 15) is 8.42 Å². The van der Waals surface area contributed by atoms with Crippen LogP contribution in [-0.4, -0.2) is 18.6 Å². The highest BCUT2D eigenvalue weighted by Crippen LogP contribution is 2.18. The summed E-state index contributed by atoms with van der Waals surface area (Å²) in [7, 11) is -3.64. The first-order chi connectivity index (χ1) is 9.99. The van der Waals surface area contributed by atoms with E-state index in [1.807, 2.05) is 31.2 Å². The molecule has 7 heteroatoms. The maximum atomic E-state index is 12.4. The molecular formula is C14H20N4O2S. The number of nitrogens with two attached hydrogens (primary N) is 1. The Balaban J connectivity index is 2.24. The molecule has 0 aliphatic carbocycles. The first-order valence-electron chi connectivity index (χ1n) is 6.80. The molecule has 0 saturated heterocycles. The van der Waals surface area contributed by atoms with Crippen LogP contribution in [0, 0.1) is 6.92 Å². The van der Waals surface area contributed by atoms with Gasteiger partial charge in [-0.2, -0.15) is 5.10 Å². The van der Waals surface area contributed by atoms with Crippen LogP contribution in [0.3, 0.4) is 0 Å². The van der Waals surface area contributed by atoms with Gasteiger partial charge in [0.25, 0.3) is 0 Å². The molecule has 0 bridgehead atoms. The van der Waals surface area contributed by atoms with E-state index in [0.29, 0.717) is 11.4 Å². The number of benzene rings is 1. The van der Waals surface area contributed by atoms with Gasteiger partial charge in [-0.05, 0) is 24.5 Å². The number of aromatic amines is 1. The van der Waals surface area contributed by atoms with Gasteiger partial charge in [-0.15, -0.1) is 0 Å². The van der Waals surface area contributed by atoms with Crippen LogP contribution in [-0.2, 0) is 29.5 Å². The van der Waals surface area contributed by atoms with Gasteiger partial charge < -0.3 is 5.73 Å². The van der Waals surface area contributed by atoms with Crippen LogP contribution in [0.4, 0.5) is 0 Å². The lowest BCUT2D eigenvalue weighted by Gasteiger charge is -2.10. The van der Waals surface area contributed by atoms with E-state index in [1.165, 1.54) is 0 Å². The molecule has 1 heterocycles. The van der Waals surface area contributed by atoms with Crippen molar-refractivity contribution in [3.05, 3.63) is 46.8 Å². The minimum Gasteiger partial charge on any atom is -0.325 e. The smallest absolute Gasteiger partial charge is 0.244 e. The van der Waals surface area contributed by atoms with Crippen LogP contribution in [0.25, 0.3) is 0 Å². The predicted molar refractivity (Wildman–Crippen MR) is 81.1 cm³/mol. The minimum atomic E-state index is -3.64. The van der Waals surface area contributed by atoms with E-state index in [0.717, 1.165) is 17.5 Å². The van der Waals surface area contributed by atoms with E-state index in [-0.39, 0.29) is 18.0 Å². The second-order valence-electron chi connectivity index (χ2n) is 4.78. The number of nitrogens with zero attached hydrogens (tertiary/aromatic N) is 1. The molecule has 0 unspecified atom stereocenters. The molecule has 1 aromatic carbocycles. The molecular weight excluding hydrogens is 288 g/mol. The van der Waals surface area contributed by atoms with Gasteiger partial charge in [-0.3, -0.25) is 5.10 Å². The average Bonchev–Trinajstić information content (AvgIpc) is 2.87. The highest BCUT2D eigenvalue weighted by molar-refractivity contribution is 7.89. The number of aromatic nitrogens is 2. The van der Waals surface area contributed by atoms with Crippen molar-refractivity contribution >= 4 is 10.0 Å². The fraction of sp³-hybridized carbons (Fsp3) is 0.357. The maximum absolute atomic E-state index is 12.4. The molecule has 0 radical (unpaired) electrons. The molecule has 0 amide bonds. The largest absolute Gasteiger partial charge is 0.325 e. The van der Waals surface area contributed by atoms with Crippen molar-refractivity contribution in [1.29, 1.82) is 0 Å². The van der Waals surface area contributed by atoms with E-state index in [1.54, 1.807) is 6.92 Å². The third-order valence-electron chi connectivity index (χ3n) is 3.38. The van der Waals surface area contributed by atoms with Gasteiger partial charge in [0.2, 0.25) is 10.0 Å². The molecule has 21 heavy (non-hydrogen) atoms. The van der Waals surface area contributed by atoms with E-state index in [2.05, 4.69) is 14.9 Å². The first-order valence-corrected chi connectivity index (χ1v) is 8.28. The fourth-order valence-corrected chi connectivity index (χ4v) is 3.66. The summed E-state index contributed by atoms with van der Waals surface area (Å²) in [6.45, 7) is 4.04. The molecule has 1 aromatic heterocycles. The molecule has 114 valence electrons. The predicted octanol–water partition coefficient (Wildman–Crippen LogP) is 1.22. The Morgan fingerprint density at radius 2 is 1.95 bits per heavy atom. The van der Waals surface area contributed by atoms with Crippen LogP contribution in [0.1, 0.15) is 29.4 Å². The van der Waals surface area contributed by atoms with Crippen LogP contribution in [0.15, 0.2) is 29.2 Å². The number of aryl methyl sites for hydroxylation is 2. The highest BCUT2D eigenvalue weighted by Gasteiger charge is 2.23. The number of sulfonamides is 1. The molecule has 4 N–H and O–H groups in total. The van der Waals surface area contributed by atoms with Crippen molar-refractivity contribution in [3.8, 4) is 0 Å². The summed E-state index contributed by atoms with van der Waals surface area (Å²) in [4.78, 5) is 0.152. The summed E-state index contributed by atoms with van der Waals surface area (Å²) in [5.41, 5.74) is 8.48. The Bertz CT molecular complexity index is 722. The maximum Gasteiger partial charge on any atom is 0.244 e. The van der Waals surface area contributed by atoms with Crippen molar-refractivity contribution in [2.45, 2.75) is 38.3 Å². The third-order valence-corrected chi connectivity index (χ3v) is 4.98. The number of H-pyrrole nitrogens is 1. The fourth-order valence-electron chi connectivity index (χ4n) is 2.28. The Labute approximate surface area is 124 Å². The second-order valence-corrected chi connectivity index (χ2v) is 6.48. The Morgan fingerprint density at radius 1 is 1.29 bits per heavy atom.